The van der Waals surface area contributed by atoms with E-state index in [4.69, 9.17) is 0 Å². The molecule has 0 N–H and O–H groups in total. The Labute approximate surface area is 67.4 Å². The lowest BCUT2D eigenvalue weighted by Gasteiger charge is -2.05. The van der Waals surface area contributed by atoms with Gasteiger partial charge in [-0.1, -0.05) is 0 Å². The van der Waals surface area contributed by atoms with Crippen molar-refractivity contribution in [3.63, 3.8) is 0 Å². The maximum atomic E-state index is 12.7. The third-order valence-corrected chi connectivity index (χ3v) is 1.47. The van der Waals surface area contributed by atoms with Crippen molar-refractivity contribution < 1.29 is 18.7 Å². The number of aryl methyl sites for hydroxylation is 1. The molecule has 0 amide bonds. The van der Waals surface area contributed by atoms with Gasteiger partial charge in [0.05, 0.1) is 5.97 Å². The van der Waals surface area contributed by atoms with Gasteiger partial charge in [0.2, 0.25) is 0 Å². The summed E-state index contributed by atoms with van der Waals surface area (Å²) in [6.45, 7) is 1.34. The zero-order valence-electron chi connectivity index (χ0n) is 6.23. The first-order chi connectivity index (χ1) is 5.52. The monoisotopic (exact) mass is 171 g/mol. The van der Waals surface area contributed by atoms with Crippen molar-refractivity contribution in [3.05, 3.63) is 34.9 Å². The number of carbonyl (C=O) groups is 1. The molecule has 4 heteroatoms. The predicted molar refractivity (Wildman–Crippen MR) is 35.4 cm³/mol. The topological polar surface area (TPSA) is 40.1 Å². The first kappa shape index (κ1) is 8.64. The molecule has 0 saturated heterocycles. The number of halogens is 2. The SMILES string of the molecule is Cc1cc(F)c(C(=O)[O-])cc1F. The van der Waals surface area contributed by atoms with Crippen LogP contribution in [-0.2, 0) is 0 Å². The van der Waals surface area contributed by atoms with Crippen LogP contribution in [0.25, 0.3) is 0 Å². The highest BCUT2D eigenvalue weighted by atomic mass is 19.1. The number of carboxylic acids is 1. The number of carbonyl (C=O) groups excluding carboxylic acids is 1. The summed E-state index contributed by atoms with van der Waals surface area (Å²) in [4.78, 5) is 10.2. The van der Waals surface area contributed by atoms with E-state index in [1.807, 2.05) is 0 Å². The quantitative estimate of drug-likeness (QED) is 0.622. The van der Waals surface area contributed by atoms with Crippen molar-refractivity contribution in [2.45, 2.75) is 6.92 Å². The van der Waals surface area contributed by atoms with Gasteiger partial charge in [-0.15, -0.1) is 0 Å². The molecule has 0 aliphatic rings. The van der Waals surface area contributed by atoms with Gasteiger partial charge in [-0.05, 0) is 24.6 Å². The van der Waals surface area contributed by atoms with E-state index in [2.05, 4.69) is 0 Å². The Morgan fingerprint density at radius 2 is 1.92 bits per heavy atom. The number of benzene rings is 1. The van der Waals surface area contributed by atoms with E-state index in [1.165, 1.54) is 6.92 Å². The maximum absolute atomic E-state index is 12.7. The molecule has 1 rings (SSSR count). The van der Waals surface area contributed by atoms with E-state index in [0.29, 0.717) is 6.07 Å². The lowest BCUT2D eigenvalue weighted by Crippen LogP contribution is -2.23. The fourth-order valence-electron chi connectivity index (χ4n) is 0.803. The molecule has 0 spiro atoms. The Balaban J connectivity index is 3.33. The molecule has 1 aromatic rings. The van der Waals surface area contributed by atoms with Crippen LogP contribution < -0.4 is 5.11 Å². The van der Waals surface area contributed by atoms with Crippen LogP contribution in [0.1, 0.15) is 15.9 Å². The van der Waals surface area contributed by atoms with Crippen LogP contribution in [0.5, 0.6) is 0 Å². The largest absolute Gasteiger partial charge is 0.545 e. The van der Waals surface area contributed by atoms with Crippen LogP contribution in [0.4, 0.5) is 8.78 Å². The molecule has 0 aromatic heterocycles. The van der Waals surface area contributed by atoms with Gasteiger partial charge in [-0.3, -0.25) is 0 Å². The van der Waals surface area contributed by atoms with E-state index < -0.39 is 23.2 Å². The molecule has 0 bridgehead atoms. The molecular weight excluding hydrogens is 166 g/mol. The summed E-state index contributed by atoms with van der Waals surface area (Å²) in [5.41, 5.74) is -0.685. The first-order valence-corrected chi connectivity index (χ1v) is 3.19. The molecular formula is C8H5F2O2-. The van der Waals surface area contributed by atoms with Gasteiger partial charge in [-0.25, -0.2) is 8.78 Å². The zero-order chi connectivity index (χ0) is 9.30. The standard InChI is InChI=1S/C8H6F2O2/c1-4-2-7(10)5(8(11)12)3-6(4)9/h2-3H,1H3,(H,11,12)/p-1. The number of rotatable bonds is 1. The van der Waals surface area contributed by atoms with Crippen molar-refractivity contribution in [2.24, 2.45) is 0 Å². The Hall–Kier alpha value is -1.45. The summed E-state index contributed by atoms with van der Waals surface area (Å²) in [6.07, 6.45) is 0. The first-order valence-electron chi connectivity index (χ1n) is 3.19. The lowest BCUT2D eigenvalue weighted by molar-refractivity contribution is -0.255. The minimum atomic E-state index is -1.72. The summed E-state index contributed by atoms with van der Waals surface area (Å²) in [6, 6.07) is 1.43. The van der Waals surface area contributed by atoms with Crippen LogP contribution in [0.2, 0.25) is 0 Å². The highest BCUT2D eigenvalue weighted by Gasteiger charge is 2.07. The van der Waals surface area contributed by atoms with Crippen LogP contribution in [0, 0.1) is 18.6 Å². The van der Waals surface area contributed by atoms with E-state index in [-0.39, 0.29) is 5.56 Å². The molecule has 0 saturated carbocycles. The Kier molecular flexibility index (Phi) is 2.08. The van der Waals surface area contributed by atoms with Crippen LogP contribution in [-0.4, -0.2) is 5.97 Å². The van der Waals surface area contributed by atoms with Gasteiger partial charge in [-0.2, -0.15) is 0 Å². The second-order valence-corrected chi connectivity index (χ2v) is 2.37. The average Bonchev–Trinajstić information content (AvgIpc) is 1.96. The maximum Gasteiger partial charge on any atom is 0.132 e. The highest BCUT2D eigenvalue weighted by molar-refractivity contribution is 5.86. The van der Waals surface area contributed by atoms with Gasteiger partial charge in [0, 0.05) is 5.56 Å². The summed E-state index contributed by atoms with van der Waals surface area (Å²) in [5.74, 6) is -3.45. The third-order valence-electron chi connectivity index (χ3n) is 1.47. The smallest absolute Gasteiger partial charge is 0.132 e. The van der Waals surface area contributed by atoms with Gasteiger partial charge in [0.1, 0.15) is 11.6 Å². The molecule has 0 unspecified atom stereocenters. The highest BCUT2D eigenvalue weighted by Crippen LogP contribution is 2.12. The van der Waals surface area contributed by atoms with E-state index in [0.717, 1.165) is 6.07 Å². The molecule has 0 atom stereocenters. The Morgan fingerprint density at radius 1 is 1.33 bits per heavy atom. The van der Waals surface area contributed by atoms with E-state index in [9.17, 15) is 18.7 Å². The average molecular weight is 171 g/mol. The van der Waals surface area contributed by atoms with Crippen molar-refractivity contribution in [1.82, 2.24) is 0 Å². The number of hydrogen-bond acceptors (Lipinski definition) is 2. The van der Waals surface area contributed by atoms with Crippen LogP contribution >= 0.6 is 0 Å². The molecule has 0 fully saturated rings. The number of carboxylic acid groups (broad SMARTS) is 1. The number of hydrogen-bond donors (Lipinski definition) is 0. The molecule has 0 aliphatic carbocycles. The predicted octanol–water partition coefficient (Wildman–Crippen LogP) is 0.637. The lowest BCUT2D eigenvalue weighted by atomic mass is 10.1. The van der Waals surface area contributed by atoms with E-state index >= 15 is 0 Å². The fraction of sp³-hybridized carbons (Fsp3) is 0.125. The molecule has 64 valence electrons. The van der Waals surface area contributed by atoms with Crippen LogP contribution in [0.3, 0.4) is 0 Å². The van der Waals surface area contributed by atoms with Crippen molar-refractivity contribution in [3.8, 4) is 0 Å². The molecule has 0 aliphatic heterocycles. The summed E-state index contributed by atoms with van der Waals surface area (Å²) in [5, 5.41) is 10.2. The minimum absolute atomic E-state index is 0.0671. The third kappa shape index (κ3) is 1.42. The summed E-state index contributed by atoms with van der Waals surface area (Å²) < 4.78 is 25.4. The minimum Gasteiger partial charge on any atom is -0.545 e. The fourth-order valence-corrected chi connectivity index (χ4v) is 0.803. The molecule has 0 heterocycles. The normalized spacial score (nSPS) is 9.92. The second-order valence-electron chi connectivity index (χ2n) is 2.37. The van der Waals surface area contributed by atoms with Crippen molar-refractivity contribution >= 4 is 5.97 Å². The van der Waals surface area contributed by atoms with E-state index in [1.54, 1.807) is 0 Å². The second kappa shape index (κ2) is 2.89. The van der Waals surface area contributed by atoms with Crippen molar-refractivity contribution in [1.29, 1.82) is 0 Å². The molecule has 0 radical (unpaired) electrons. The Bertz CT molecular complexity index is 334. The molecule has 1 aromatic carbocycles. The van der Waals surface area contributed by atoms with Gasteiger partial charge in [0.15, 0.2) is 0 Å². The van der Waals surface area contributed by atoms with Gasteiger partial charge < -0.3 is 9.90 Å². The van der Waals surface area contributed by atoms with Crippen molar-refractivity contribution in [2.75, 3.05) is 0 Å². The molecule has 12 heavy (non-hydrogen) atoms. The van der Waals surface area contributed by atoms with Gasteiger partial charge >= 0.3 is 0 Å². The number of aromatic carboxylic acids is 1. The Morgan fingerprint density at radius 3 is 2.42 bits per heavy atom. The van der Waals surface area contributed by atoms with Crippen LogP contribution in [0.15, 0.2) is 12.1 Å². The molecule has 2 nitrogen and oxygen atoms in total. The van der Waals surface area contributed by atoms with Gasteiger partial charge in [0.25, 0.3) is 0 Å². The zero-order valence-corrected chi connectivity index (χ0v) is 6.23. The summed E-state index contributed by atoms with van der Waals surface area (Å²) in [7, 11) is 0. The summed E-state index contributed by atoms with van der Waals surface area (Å²) >= 11 is 0.